The van der Waals surface area contributed by atoms with E-state index in [2.05, 4.69) is 34.2 Å². The number of hydrogen-bond acceptors (Lipinski definition) is 4. The molecular weight excluding hydrogens is 260 g/mol. The van der Waals surface area contributed by atoms with Crippen molar-refractivity contribution in [2.45, 2.75) is 45.2 Å². The molecule has 1 aromatic heterocycles. The predicted octanol–water partition coefficient (Wildman–Crippen LogP) is 2.04. The molecule has 116 valence electrons. The van der Waals surface area contributed by atoms with Crippen molar-refractivity contribution in [2.24, 2.45) is 0 Å². The van der Waals surface area contributed by atoms with E-state index in [1.807, 2.05) is 7.05 Å². The number of pyridine rings is 1. The minimum atomic E-state index is 0.895. The monoisotopic (exact) mass is 288 g/mol. The molecule has 3 rings (SSSR count). The van der Waals surface area contributed by atoms with Crippen molar-refractivity contribution in [3.8, 4) is 0 Å². The summed E-state index contributed by atoms with van der Waals surface area (Å²) in [6.45, 7) is 7.79. The summed E-state index contributed by atoms with van der Waals surface area (Å²) in [6.07, 6.45) is 5.06. The molecule has 2 fully saturated rings. The van der Waals surface area contributed by atoms with Gasteiger partial charge in [0.05, 0.1) is 0 Å². The van der Waals surface area contributed by atoms with E-state index in [-0.39, 0.29) is 0 Å². The third-order valence-corrected chi connectivity index (χ3v) is 4.51. The molecule has 0 bridgehead atoms. The van der Waals surface area contributed by atoms with Crippen LogP contribution in [0, 0.1) is 0 Å². The number of aromatic nitrogens is 1. The van der Waals surface area contributed by atoms with Gasteiger partial charge in [0.1, 0.15) is 5.82 Å². The van der Waals surface area contributed by atoms with Crippen LogP contribution in [0.1, 0.15) is 37.4 Å². The molecule has 4 nitrogen and oxygen atoms in total. The summed E-state index contributed by atoms with van der Waals surface area (Å²) in [4.78, 5) is 10.0. The Balaban J connectivity index is 1.70. The van der Waals surface area contributed by atoms with Gasteiger partial charge in [-0.1, -0.05) is 13.3 Å². The Morgan fingerprint density at radius 1 is 1.19 bits per heavy atom. The van der Waals surface area contributed by atoms with Gasteiger partial charge in [-0.15, -0.1) is 0 Å². The van der Waals surface area contributed by atoms with Gasteiger partial charge in [-0.3, -0.25) is 4.90 Å². The first-order valence-corrected chi connectivity index (χ1v) is 8.43. The molecule has 1 N–H and O–H groups in total. The first-order chi connectivity index (χ1) is 10.3. The topological polar surface area (TPSA) is 31.4 Å². The number of piperazine rings is 1. The van der Waals surface area contributed by atoms with Crippen LogP contribution in [0.3, 0.4) is 0 Å². The molecule has 1 aliphatic heterocycles. The normalized spacial score (nSPS) is 20.0. The van der Waals surface area contributed by atoms with Crippen LogP contribution in [0.2, 0.25) is 0 Å². The molecule has 21 heavy (non-hydrogen) atoms. The van der Waals surface area contributed by atoms with Crippen LogP contribution in [-0.4, -0.2) is 49.2 Å². The van der Waals surface area contributed by atoms with E-state index in [9.17, 15) is 0 Å². The summed E-state index contributed by atoms with van der Waals surface area (Å²) < 4.78 is 0. The van der Waals surface area contributed by atoms with E-state index in [1.54, 1.807) is 0 Å². The zero-order valence-corrected chi connectivity index (χ0v) is 13.4. The molecule has 1 saturated carbocycles. The third kappa shape index (κ3) is 3.74. The first-order valence-electron chi connectivity index (χ1n) is 8.43. The number of rotatable bonds is 6. The van der Waals surface area contributed by atoms with E-state index in [0.29, 0.717) is 0 Å². The molecule has 1 aromatic rings. The van der Waals surface area contributed by atoms with Gasteiger partial charge in [0.15, 0.2) is 0 Å². The molecular formula is C17H28N4. The fourth-order valence-electron chi connectivity index (χ4n) is 3.24. The maximum absolute atomic E-state index is 4.89. The minimum Gasteiger partial charge on any atom is -0.354 e. The Bertz CT molecular complexity index is 438. The lowest BCUT2D eigenvalue weighted by molar-refractivity contribution is 0.247. The second-order valence-corrected chi connectivity index (χ2v) is 6.36. The molecule has 0 atom stereocenters. The van der Waals surface area contributed by atoms with Crippen LogP contribution in [-0.2, 0) is 13.0 Å². The average molecular weight is 288 g/mol. The summed E-state index contributed by atoms with van der Waals surface area (Å²) in [5.74, 6) is 1.18. The zero-order valence-electron chi connectivity index (χ0n) is 13.4. The van der Waals surface area contributed by atoms with Crippen molar-refractivity contribution in [2.75, 3.05) is 38.1 Å². The molecule has 0 amide bonds. The second-order valence-electron chi connectivity index (χ2n) is 6.36. The fourth-order valence-corrected chi connectivity index (χ4v) is 3.24. The average Bonchev–Trinajstić information content (AvgIpc) is 3.33. The van der Waals surface area contributed by atoms with Gasteiger partial charge in [0, 0.05) is 44.5 Å². The highest BCUT2D eigenvalue weighted by Crippen LogP contribution is 2.28. The molecule has 0 radical (unpaired) electrons. The van der Waals surface area contributed by atoms with Gasteiger partial charge in [-0.05, 0) is 44.0 Å². The largest absolute Gasteiger partial charge is 0.354 e. The maximum Gasteiger partial charge on any atom is 0.129 e. The van der Waals surface area contributed by atoms with E-state index >= 15 is 0 Å². The van der Waals surface area contributed by atoms with E-state index in [0.717, 1.165) is 38.5 Å². The Labute approximate surface area is 128 Å². The number of nitrogens with one attached hydrogen (secondary N) is 1. The van der Waals surface area contributed by atoms with Crippen molar-refractivity contribution in [1.29, 1.82) is 0 Å². The standard InChI is InChI=1S/C17H28N4/c1-3-4-15-11-14(13-18-2)12-17(19-15)21-9-7-20(8-10-21)16-5-6-16/h11-12,16,18H,3-10,13H2,1-2H3. The lowest BCUT2D eigenvalue weighted by Crippen LogP contribution is -2.47. The quantitative estimate of drug-likeness (QED) is 0.868. The lowest BCUT2D eigenvalue weighted by Gasteiger charge is -2.35. The van der Waals surface area contributed by atoms with Crippen LogP contribution in [0.15, 0.2) is 12.1 Å². The Morgan fingerprint density at radius 3 is 2.57 bits per heavy atom. The van der Waals surface area contributed by atoms with E-state index in [4.69, 9.17) is 4.98 Å². The van der Waals surface area contributed by atoms with Crippen molar-refractivity contribution in [3.05, 3.63) is 23.4 Å². The van der Waals surface area contributed by atoms with Gasteiger partial charge in [-0.2, -0.15) is 0 Å². The predicted molar refractivity (Wildman–Crippen MR) is 87.8 cm³/mol. The molecule has 2 heterocycles. The van der Waals surface area contributed by atoms with Crippen LogP contribution < -0.4 is 10.2 Å². The molecule has 0 aromatic carbocycles. The molecule has 0 spiro atoms. The van der Waals surface area contributed by atoms with Gasteiger partial charge in [0.2, 0.25) is 0 Å². The summed E-state index contributed by atoms with van der Waals surface area (Å²) in [7, 11) is 2.01. The number of hydrogen-bond donors (Lipinski definition) is 1. The Hall–Kier alpha value is -1.13. The number of nitrogens with zero attached hydrogens (tertiary/aromatic N) is 3. The smallest absolute Gasteiger partial charge is 0.129 e. The molecule has 1 saturated heterocycles. The van der Waals surface area contributed by atoms with Crippen molar-refractivity contribution in [1.82, 2.24) is 15.2 Å². The molecule has 0 unspecified atom stereocenters. The Morgan fingerprint density at radius 2 is 1.95 bits per heavy atom. The second kappa shape index (κ2) is 6.75. The van der Waals surface area contributed by atoms with Crippen LogP contribution in [0.5, 0.6) is 0 Å². The highest BCUT2D eigenvalue weighted by molar-refractivity contribution is 5.43. The van der Waals surface area contributed by atoms with Crippen LogP contribution >= 0.6 is 0 Å². The highest BCUT2D eigenvalue weighted by atomic mass is 15.3. The van der Waals surface area contributed by atoms with Crippen LogP contribution in [0.25, 0.3) is 0 Å². The van der Waals surface area contributed by atoms with Gasteiger partial charge in [0.25, 0.3) is 0 Å². The van der Waals surface area contributed by atoms with Crippen molar-refractivity contribution < 1.29 is 0 Å². The number of anilines is 1. The van der Waals surface area contributed by atoms with Gasteiger partial charge in [-0.25, -0.2) is 4.98 Å². The van der Waals surface area contributed by atoms with Crippen molar-refractivity contribution >= 4 is 5.82 Å². The van der Waals surface area contributed by atoms with E-state index < -0.39 is 0 Å². The molecule has 2 aliphatic rings. The Kier molecular flexibility index (Phi) is 4.76. The van der Waals surface area contributed by atoms with E-state index in [1.165, 1.54) is 43.0 Å². The SMILES string of the molecule is CCCc1cc(CNC)cc(N2CCN(C3CC3)CC2)n1. The summed E-state index contributed by atoms with van der Waals surface area (Å²) >= 11 is 0. The molecule has 1 aliphatic carbocycles. The summed E-state index contributed by atoms with van der Waals surface area (Å²) in [5.41, 5.74) is 2.60. The first kappa shape index (κ1) is 14.8. The molecule has 4 heteroatoms. The number of aryl methyl sites for hydroxylation is 1. The van der Waals surface area contributed by atoms with Crippen LogP contribution in [0.4, 0.5) is 5.82 Å². The zero-order chi connectivity index (χ0) is 14.7. The lowest BCUT2D eigenvalue weighted by atomic mass is 10.1. The van der Waals surface area contributed by atoms with Crippen molar-refractivity contribution in [3.63, 3.8) is 0 Å². The summed E-state index contributed by atoms with van der Waals surface area (Å²) in [6, 6.07) is 5.42. The maximum atomic E-state index is 4.89. The fraction of sp³-hybridized carbons (Fsp3) is 0.706. The van der Waals surface area contributed by atoms with Gasteiger partial charge >= 0.3 is 0 Å². The highest BCUT2D eigenvalue weighted by Gasteiger charge is 2.31. The van der Waals surface area contributed by atoms with Gasteiger partial charge < -0.3 is 10.2 Å². The minimum absolute atomic E-state index is 0.895. The summed E-state index contributed by atoms with van der Waals surface area (Å²) in [5, 5.41) is 3.26. The third-order valence-electron chi connectivity index (χ3n) is 4.51.